The minimum atomic E-state index is -0.154. The van der Waals surface area contributed by atoms with Gasteiger partial charge in [-0.15, -0.1) is 24.8 Å². The number of carbonyl (C=O) groups excluding carboxylic acids is 1. The Morgan fingerprint density at radius 2 is 1.87 bits per heavy atom. The summed E-state index contributed by atoms with van der Waals surface area (Å²) in [5.74, 6) is 2.66. The molecule has 0 aliphatic carbocycles. The van der Waals surface area contributed by atoms with Crippen LogP contribution in [-0.4, -0.2) is 71.7 Å². The molecule has 2 unspecified atom stereocenters. The monoisotopic (exact) mass is 465 g/mol. The number of aromatic nitrogens is 2. The Bertz CT molecular complexity index is 619. The van der Waals surface area contributed by atoms with Crippen molar-refractivity contribution in [1.29, 1.82) is 0 Å². The van der Waals surface area contributed by atoms with E-state index in [1.807, 2.05) is 18.7 Å². The van der Waals surface area contributed by atoms with Gasteiger partial charge in [-0.05, 0) is 51.6 Å². The van der Waals surface area contributed by atoms with E-state index in [4.69, 9.17) is 9.26 Å². The smallest absolute Gasteiger partial charge is 0.240 e. The number of rotatable bonds is 8. The number of piperidine rings is 1. The Kier molecular flexibility index (Phi) is 12.2. The number of piperazine rings is 1. The standard InChI is InChI=1S/C20H35N5O3.2ClH/c1-4-27-16(3)20-22-18(28-23-20)14-24-9-11-25(12-10-24)19(26)13-15(2)17-5-7-21-8-6-17;;/h15-17,21H,4-14H2,1-3H3;2*1H. The van der Waals surface area contributed by atoms with Crippen molar-refractivity contribution < 1.29 is 14.1 Å². The summed E-state index contributed by atoms with van der Waals surface area (Å²) in [4.78, 5) is 21.4. The van der Waals surface area contributed by atoms with Gasteiger partial charge < -0.3 is 19.5 Å². The van der Waals surface area contributed by atoms with Gasteiger partial charge in [0.2, 0.25) is 11.8 Å². The SMILES string of the molecule is CCOC(C)c1noc(CN2CCN(C(=O)CC(C)C3CCNCC3)CC2)n1.Cl.Cl. The summed E-state index contributed by atoms with van der Waals surface area (Å²) < 4.78 is 10.9. The van der Waals surface area contributed by atoms with Gasteiger partial charge in [0.15, 0.2) is 5.82 Å². The summed E-state index contributed by atoms with van der Waals surface area (Å²) in [6.07, 6.45) is 2.90. The molecule has 8 nitrogen and oxygen atoms in total. The molecule has 1 aromatic rings. The molecular weight excluding hydrogens is 429 g/mol. The second-order valence-electron chi connectivity index (χ2n) is 8.07. The topological polar surface area (TPSA) is 83.7 Å². The van der Waals surface area contributed by atoms with Crippen LogP contribution in [0, 0.1) is 11.8 Å². The molecule has 0 saturated carbocycles. The Hall–Kier alpha value is -0.930. The molecule has 1 aromatic heterocycles. The minimum Gasteiger partial charge on any atom is -0.371 e. The van der Waals surface area contributed by atoms with E-state index in [0.717, 1.165) is 39.3 Å². The first kappa shape index (κ1) is 27.1. The van der Waals surface area contributed by atoms with E-state index in [1.54, 1.807) is 0 Å². The number of hydrogen-bond donors (Lipinski definition) is 1. The van der Waals surface area contributed by atoms with Crippen molar-refractivity contribution in [3.63, 3.8) is 0 Å². The number of halogens is 2. The maximum Gasteiger partial charge on any atom is 0.240 e. The van der Waals surface area contributed by atoms with E-state index in [0.29, 0.717) is 49.0 Å². The lowest BCUT2D eigenvalue weighted by Gasteiger charge is -2.35. The van der Waals surface area contributed by atoms with Crippen LogP contribution in [0.3, 0.4) is 0 Å². The molecule has 0 radical (unpaired) electrons. The molecule has 1 amide bonds. The highest BCUT2D eigenvalue weighted by molar-refractivity contribution is 5.85. The molecule has 10 heteroatoms. The van der Waals surface area contributed by atoms with Crippen LogP contribution >= 0.6 is 24.8 Å². The molecule has 174 valence electrons. The van der Waals surface area contributed by atoms with Crippen molar-refractivity contribution in [3.8, 4) is 0 Å². The quantitative estimate of drug-likeness (QED) is 0.631. The lowest BCUT2D eigenvalue weighted by atomic mass is 9.84. The highest BCUT2D eigenvalue weighted by Gasteiger charge is 2.27. The molecule has 2 aliphatic heterocycles. The van der Waals surface area contributed by atoms with E-state index in [9.17, 15) is 4.79 Å². The molecule has 2 aliphatic rings. The average Bonchev–Trinajstić information content (AvgIpc) is 3.18. The molecule has 2 saturated heterocycles. The molecule has 1 N–H and O–H groups in total. The third kappa shape index (κ3) is 7.64. The Labute approximate surface area is 192 Å². The van der Waals surface area contributed by atoms with Gasteiger partial charge in [0, 0.05) is 39.2 Å². The van der Waals surface area contributed by atoms with E-state index >= 15 is 0 Å². The van der Waals surface area contributed by atoms with Crippen LogP contribution in [0.15, 0.2) is 4.52 Å². The zero-order valence-corrected chi connectivity index (χ0v) is 20.0. The van der Waals surface area contributed by atoms with Crippen LogP contribution in [0.5, 0.6) is 0 Å². The van der Waals surface area contributed by atoms with Crippen LogP contribution in [0.25, 0.3) is 0 Å². The van der Waals surface area contributed by atoms with E-state index in [2.05, 4.69) is 27.3 Å². The Morgan fingerprint density at radius 3 is 2.50 bits per heavy atom. The summed E-state index contributed by atoms with van der Waals surface area (Å²) in [5.41, 5.74) is 0. The first-order valence-corrected chi connectivity index (χ1v) is 10.7. The van der Waals surface area contributed by atoms with Gasteiger partial charge in [0.1, 0.15) is 6.10 Å². The molecule has 2 atom stereocenters. The van der Waals surface area contributed by atoms with Gasteiger partial charge in [-0.1, -0.05) is 12.1 Å². The van der Waals surface area contributed by atoms with Crippen LogP contribution in [0.2, 0.25) is 0 Å². The van der Waals surface area contributed by atoms with Gasteiger partial charge in [-0.3, -0.25) is 9.69 Å². The molecule has 3 rings (SSSR count). The second kappa shape index (κ2) is 13.5. The molecule has 0 aromatic carbocycles. The Balaban J connectivity index is 0.00000225. The van der Waals surface area contributed by atoms with Crippen molar-refractivity contribution in [2.24, 2.45) is 11.8 Å². The first-order chi connectivity index (χ1) is 13.6. The first-order valence-electron chi connectivity index (χ1n) is 10.7. The van der Waals surface area contributed by atoms with Gasteiger partial charge in [-0.2, -0.15) is 4.98 Å². The number of nitrogens with zero attached hydrogens (tertiary/aromatic N) is 4. The van der Waals surface area contributed by atoms with Crippen LogP contribution in [0.1, 0.15) is 57.9 Å². The number of nitrogens with one attached hydrogen (secondary N) is 1. The number of carbonyl (C=O) groups is 1. The second-order valence-corrected chi connectivity index (χ2v) is 8.07. The van der Waals surface area contributed by atoms with Gasteiger partial charge in [0.25, 0.3) is 0 Å². The van der Waals surface area contributed by atoms with E-state index in [-0.39, 0.29) is 30.9 Å². The third-order valence-electron chi connectivity index (χ3n) is 6.03. The van der Waals surface area contributed by atoms with Crippen molar-refractivity contribution >= 4 is 30.7 Å². The predicted molar refractivity (Wildman–Crippen MR) is 120 cm³/mol. The fourth-order valence-corrected chi connectivity index (χ4v) is 4.15. The number of ether oxygens (including phenoxy) is 1. The fourth-order valence-electron chi connectivity index (χ4n) is 4.15. The van der Waals surface area contributed by atoms with E-state index < -0.39 is 0 Å². The Morgan fingerprint density at radius 1 is 1.20 bits per heavy atom. The normalized spacial score (nSPS) is 20.2. The zero-order chi connectivity index (χ0) is 19.9. The fraction of sp³-hybridized carbons (Fsp3) is 0.850. The van der Waals surface area contributed by atoms with Crippen LogP contribution in [-0.2, 0) is 16.1 Å². The van der Waals surface area contributed by atoms with Crippen LogP contribution < -0.4 is 5.32 Å². The van der Waals surface area contributed by atoms with Crippen molar-refractivity contribution in [2.45, 2.75) is 52.7 Å². The van der Waals surface area contributed by atoms with Crippen molar-refractivity contribution in [3.05, 3.63) is 11.7 Å². The number of amides is 1. The molecule has 2 fully saturated rings. The van der Waals surface area contributed by atoms with Gasteiger partial charge in [-0.25, -0.2) is 0 Å². The van der Waals surface area contributed by atoms with Crippen molar-refractivity contribution in [2.75, 3.05) is 45.9 Å². The zero-order valence-electron chi connectivity index (χ0n) is 18.3. The molecule has 0 bridgehead atoms. The molecule has 0 spiro atoms. The predicted octanol–water partition coefficient (Wildman–Crippen LogP) is 2.68. The van der Waals surface area contributed by atoms with Gasteiger partial charge in [0.05, 0.1) is 6.54 Å². The van der Waals surface area contributed by atoms with Gasteiger partial charge >= 0.3 is 0 Å². The average molecular weight is 466 g/mol. The summed E-state index contributed by atoms with van der Waals surface area (Å²) >= 11 is 0. The summed E-state index contributed by atoms with van der Waals surface area (Å²) in [5, 5.41) is 7.41. The molecule has 3 heterocycles. The van der Waals surface area contributed by atoms with Crippen LogP contribution in [0.4, 0.5) is 0 Å². The minimum absolute atomic E-state index is 0. The third-order valence-corrected chi connectivity index (χ3v) is 6.03. The highest BCUT2D eigenvalue weighted by atomic mass is 35.5. The summed E-state index contributed by atoms with van der Waals surface area (Å²) in [6, 6.07) is 0. The lowest BCUT2D eigenvalue weighted by molar-refractivity contribution is -0.134. The largest absolute Gasteiger partial charge is 0.371 e. The highest BCUT2D eigenvalue weighted by Crippen LogP contribution is 2.25. The summed E-state index contributed by atoms with van der Waals surface area (Å²) in [7, 11) is 0. The maximum atomic E-state index is 12.7. The molecular formula is C20H37Cl2N5O3. The van der Waals surface area contributed by atoms with E-state index in [1.165, 1.54) is 12.8 Å². The van der Waals surface area contributed by atoms with Crippen molar-refractivity contribution in [1.82, 2.24) is 25.3 Å². The molecule has 30 heavy (non-hydrogen) atoms. The maximum absolute atomic E-state index is 12.7. The number of hydrogen-bond acceptors (Lipinski definition) is 7. The summed E-state index contributed by atoms with van der Waals surface area (Å²) in [6.45, 7) is 12.8. The lowest BCUT2D eigenvalue weighted by Crippen LogP contribution is -2.48.